The maximum absolute atomic E-state index is 5.62. The van der Waals surface area contributed by atoms with Crippen molar-refractivity contribution in [3.8, 4) is 5.75 Å². The van der Waals surface area contributed by atoms with Crippen LogP contribution in [0, 0.1) is 6.92 Å². The molecule has 5 heteroatoms. The molecule has 0 saturated heterocycles. The Morgan fingerprint density at radius 3 is 3.00 bits per heavy atom. The molecule has 2 heterocycles. The molecule has 110 valence electrons. The molecule has 0 atom stereocenters. The van der Waals surface area contributed by atoms with E-state index in [-0.39, 0.29) is 0 Å². The van der Waals surface area contributed by atoms with E-state index < -0.39 is 0 Å². The molecule has 2 aromatic rings. The van der Waals surface area contributed by atoms with Gasteiger partial charge in [-0.3, -0.25) is 0 Å². The SMILES string of the molecule is COc1cc(C2=CCNc3cc(CCN)nn32)ccc1C. The molecule has 0 fully saturated rings. The fourth-order valence-electron chi connectivity index (χ4n) is 2.57. The molecule has 0 radical (unpaired) electrons. The van der Waals surface area contributed by atoms with Crippen LogP contribution in [-0.2, 0) is 6.42 Å². The van der Waals surface area contributed by atoms with Crippen LogP contribution in [0.1, 0.15) is 16.8 Å². The van der Waals surface area contributed by atoms with Gasteiger partial charge in [0.05, 0.1) is 18.5 Å². The van der Waals surface area contributed by atoms with Crippen LogP contribution >= 0.6 is 0 Å². The quantitative estimate of drug-likeness (QED) is 0.901. The lowest BCUT2D eigenvalue weighted by molar-refractivity contribution is 0.411. The molecule has 1 aliphatic heterocycles. The molecule has 0 saturated carbocycles. The number of aromatic nitrogens is 2. The first-order chi connectivity index (χ1) is 10.2. The molecule has 0 unspecified atom stereocenters. The molecule has 3 rings (SSSR count). The fourth-order valence-corrected chi connectivity index (χ4v) is 2.57. The lowest BCUT2D eigenvalue weighted by Gasteiger charge is -2.18. The average Bonchev–Trinajstić information content (AvgIpc) is 2.90. The number of nitrogens with zero attached hydrogens (tertiary/aromatic N) is 2. The van der Waals surface area contributed by atoms with Crippen molar-refractivity contribution in [1.82, 2.24) is 9.78 Å². The third-order valence-electron chi connectivity index (χ3n) is 3.67. The summed E-state index contributed by atoms with van der Waals surface area (Å²) in [5, 5.41) is 7.97. The van der Waals surface area contributed by atoms with Crippen LogP contribution in [0.3, 0.4) is 0 Å². The van der Waals surface area contributed by atoms with Crippen LogP contribution in [-0.4, -0.2) is 30.0 Å². The van der Waals surface area contributed by atoms with Crippen LogP contribution in [0.5, 0.6) is 5.75 Å². The Bertz CT molecular complexity index is 688. The van der Waals surface area contributed by atoms with Gasteiger partial charge in [0.15, 0.2) is 0 Å². The van der Waals surface area contributed by atoms with Crippen LogP contribution in [0.25, 0.3) is 5.70 Å². The van der Waals surface area contributed by atoms with Crippen molar-refractivity contribution < 1.29 is 4.74 Å². The minimum atomic E-state index is 0.605. The number of benzene rings is 1. The van der Waals surface area contributed by atoms with E-state index >= 15 is 0 Å². The zero-order chi connectivity index (χ0) is 14.8. The second-order valence-electron chi connectivity index (χ2n) is 5.13. The van der Waals surface area contributed by atoms with Gasteiger partial charge >= 0.3 is 0 Å². The number of anilines is 1. The normalized spacial score (nSPS) is 13.4. The van der Waals surface area contributed by atoms with Gasteiger partial charge in [0.2, 0.25) is 0 Å². The van der Waals surface area contributed by atoms with Gasteiger partial charge in [0.1, 0.15) is 11.6 Å². The first-order valence-electron chi connectivity index (χ1n) is 7.11. The largest absolute Gasteiger partial charge is 0.496 e. The summed E-state index contributed by atoms with van der Waals surface area (Å²) >= 11 is 0. The average molecular weight is 284 g/mol. The minimum Gasteiger partial charge on any atom is -0.496 e. The van der Waals surface area contributed by atoms with E-state index in [9.17, 15) is 0 Å². The van der Waals surface area contributed by atoms with Gasteiger partial charge in [-0.25, -0.2) is 4.68 Å². The van der Waals surface area contributed by atoms with E-state index in [1.54, 1.807) is 7.11 Å². The van der Waals surface area contributed by atoms with Crippen molar-refractivity contribution in [2.24, 2.45) is 5.73 Å². The minimum absolute atomic E-state index is 0.605. The number of methoxy groups -OCH3 is 1. The van der Waals surface area contributed by atoms with Gasteiger partial charge in [-0.2, -0.15) is 5.10 Å². The van der Waals surface area contributed by atoms with Gasteiger partial charge in [0, 0.05) is 24.6 Å². The molecule has 5 nitrogen and oxygen atoms in total. The summed E-state index contributed by atoms with van der Waals surface area (Å²) < 4.78 is 7.36. The molecule has 3 N–H and O–H groups in total. The Hall–Kier alpha value is -2.27. The zero-order valence-electron chi connectivity index (χ0n) is 12.4. The summed E-state index contributed by atoms with van der Waals surface area (Å²) in [4.78, 5) is 0. The van der Waals surface area contributed by atoms with Crippen LogP contribution in [0.2, 0.25) is 0 Å². The monoisotopic (exact) mass is 284 g/mol. The summed E-state index contributed by atoms with van der Waals surface area (Å²) in [6, 6.07) is 8.29. The standard InChI is InChI=1S/C16H20N4O/c1-11-3-4-12(9-15(11)21-2)14-6-8-18-16-10-13(5-7-17)19-20(14)16/h3-4,6,9-10,18H,5,7-8,17H2,1-2H3. The van der Waals surface area contributed by atoms with Crippen molar-refractivity contribution in [2.75, 3.05) is 25.5 Å². The lowest BCUT2D eigenvalue weighted by Crippen LogP contribution is -2.15. The van der Waals surface area contributed by atoms with Crippen molar-refractivity contribution in [1.29, 1.82) is 0 Å². The van der Waals surface area contributed by atoms with Crippen LogP contribution in [0.15, 0.2) is 30.3 Å². The van der Waals surface area contributed by atoms with E-state index in [0.717, 1.165) is 47.1 Å². The topological polar surface area (TPSA) is 65.1 Å². The highest BCUT2D eigenvalue weighted by atomic mass is 16.5. The molecule has 1 aliphatic rings. The smallest absolute Gasteiger partial charge is 0.130 e. The maximum atomic E-state index is 5.62. The van der Waals surface area contributed by atoms with E-state index in [2.05, 4.69) is 40.8 Å². The summed E-state index contributed by atoms with van der Waals surface area (Å²) in [5.41, 5.74) is 9.92. The molecule has 0 aliphatic carbocycles. The van der Waals surface area contributed by atoms with Crippen molar-refractivity contribution in [3.63, 3.8) is 0 Å². The molecule has 1 aromatic heterocycles. The molecule has 0 bridgehead atoms. The van der Waals surface area contributed by atoms with Crippen molar-refractivity contribution in [2.45, 2.75) is 13.3 Å². The van der Waals surface area contributed by atoms with Crippen molar-refractivity contribution in [3.05, 3.63) is 47.2 Å². The number of fused-ring (bicyclic) bond motifs is 1. The third kappa shape index (κ3) is 2.52. The molecule has 0 spiro atoms. The number of aryl methyl sites for hydroxylation is 1. The second-order valence-corrected chi connectivity index (χ2v) is 5.13. The Labute approximate surface area is 124 Å². The summed E-state index contributed by atoms with van der Waals surface area (Å²) in [6.07, 6.45) is 2.92. The van der Waals surface area contributed by atoms with E-state index in [1.807, 2.05) is 11.6 Å². The van der Waals surface area contributed by atoms with Crippen LogP contribution in [0.4, 0.5) is 5.82 Å². The number of ether oxygens (including phenoxy) is 1. The molecular weight excluding hydrogens is 264 g/mol. The van der Waals surface area contributed by atoms with Gasteiger partial charge < -0.3 is 15.8 Å². The summed E-state index contributed by atoms with van der Waals surface area (Å²) in [5.74, 6) is 1.90. The number of hydrogen-bond acceptors (Lipinski definition) is 4. The molecule has 21 heavy (non-hydrogen) atoms. The van der Waals surface area contributed by atoms with E-state index in [1.165, 1.54) is 0 Å². The molecule has 1 aromatic carbocycles. The highest BCUT2D eigenvalue weighted by Gasteiger charge is 2.17. The Kier molecular flexibility index (Phi) is 3.66. The van der Waals surface area contributed by atoms with Gasteiger partial charge in [-0.05, 0) is 31.2 Å². The Morgan fingerprint density at radius 1 is 1.38 bits per heavy atom. The van der Waals surface area contributed by atoms with Gasteiger partial charge in [0.25, 0.3) is 0 Å². The summed E-state index contributed by atoms with van der Waals surface area (Å²) in [6.45, 7) is 3.44. The van der Waals surface area contributed by atoms with Crippen molar-refractivity contribution >= 4 is 11.5 Å². The second kappa shape index (κ2) is 5.61. The summed E-state index contributed by atoms with van der Waals surface area (Å²) in [7, 11) is 1.70. The lowest BCUT2D eigenvalue weighted by atomic mass is 10.1. The highest BCUT2D eigenvalue weighted by Crippen LogP contribution is 2.29. The molecule has 0 amide bonds. The third-order valence-corrected chi connectivity index (χ3v) is 3.67. The zero-order valence-corrected chi connectivity index (χ0v) is 12.4. The predicted octanol–water partition coefficient (Wildman–Crippen LogP) is 2.02. The highest BCUT2D eigenvalue weighted by molar-refractivity contribution is 5.72. The Balaban J connectivity index is 2.02. The van der Waals surface area contributed by atoms with Gasteiger partial charge in [-0.1, -0.05) is 12.1 Å². The van der Waals surface area contributed by atoms with Gasteiger partial charge in [-0.15, -0.1) is 0 Å². The number of rotatable bonds is 4. The number of hydrogen-bond donors (Lipinski definition) is 2. The first kappa shape index (κ1) is 13.7. The maximum Gasteiger partial charge on any atom is 0.130 e. The number of nitrogens with two attached hydrogens (primary N) is 1. The number of nitrogens with one attached hydrogen (secondary N) is 1. The van der Waals surface area contributed by atoms with E-state index in [4.69, 9.17) is 10.5 Å². The predicted molar refractivity (Wildman–Crippen MR) is 84.6 cm³/mol. The fraction of sp³-hybridized carbons (Fsp3) is 0.312. The van der Waals surface area contributed by atoms with Crippen LogP contribution < -0.4 is 15.8 Å². The molecular formula is C16H20N4O. The Morgan fingerprint density at radius 2 is 2.24 bits per heavy atom. The van der Waals surface area contributed by atoms with E-state index in [0.29, 0.717) is 6.54 Å². The first-order valence-corrected chi connectivity index (χ1v) is 7.11.